The van der Waals surface area contributed by atoms with Gasteiger partial charge in [0.1, 0.15) is 0 Å². The number of fused-ring (bicyclic) bond motifs is 1. The molecule has 3 heteroatoms. The number of aryl methyl sites for hydroxylation is 1. The number of hydrogen-bond donors (Lipinski definition) is 2. The van der Waals surface area contributed by atoms with Gasteiger partial charge in [-0.3, -0.25) is 10.8 Å². The van der Waals surface area contributed by atoms with Gasteiger partial charge in [-0.1, -0.05) is 48.5 Å². The van der Waals surface area contributed by atoms with Crippen LogP contribution in [0.25, 0.3) is 10.8 Å². The van der Waals surface area contributed by atoms with Crippen LogP contribution in [0.1, 0.15) is 23.0 Å². The number of nitrogens with one attached hydrogen (secondary N) is 1. The first kappa shape index (κ1) is 12.8. The van der Waals surface area contributed by atoms with Crippen molar-refractivity contribution in [1.82, 2.24) is 10.4 Å². The lowest BCUT2D eigenvalue weighted by molar-refractivity contribution is 0.623. The van der Waals surface area contributed by atoms with Crippen LogP contribution >= 0.6 is 0 Å². The molecular weight excluding hydrogens is 246 g/mol. The number of pyridine rings is 1. The molecule has 1 heterocycles. The molecule has 0 amide bonds. The molecule has 0 aliphatic rings. The lowest BCUT2D eigenvalue weighted by Gasteiger charge is -2.18. The Balaban J connectivity index is 2.17. The van der Waals surface area contributed by atoms with E-state index in [1.807, 2.05) is 37.3 Å². The Morgan fingerprint density at radius 3 is 2.50 bits per heavy atom. The minimum Gasteiger partial charge on any atom is -0.271 e. The normalized spacial score (nSPS) is 12.5. The number of aromatic nitrogens is 1. The molecule has 0 radical (unpaired) electrons. The summed E-state index contributed by atoms with van der Waals surface area (Å²) < 4.78 is 0. The van der Waals surface area contributed by atoms with E-state index in [-0.39, 0.29) is 6.04 Å². The van der Waals surface area contributed by atoms with Gasteiger partial charge in [-0.2, -0.15) is 0 Å². The minimum absolute atomic E-state index is 0.110. The van der Waals surface area contributed by atoms with E-state index in [0.29, 0.717) is 0 Å². The van der Waals surface area contributed by atoms with Crippen molar-refractivity contribution in [2.75, 3.05) is 0 Å². The third-order valence-corrected chi connectivity index (χ3v) is 3.51. The van der Waals surface area contributed by atoms with Gasteiger partial charge >= 0.3 is 0 Å². The largest absolute Gasteiger partial charge is 0.271 e. The van der Waals surface area contributed by atoms with E-state index in [2.05, 4.69) is 40.7 Å². The zero-order valence-electron chi connectivity index (χ0n) is 11.4. The van der Waals surface area contributed by atoms with Crippen LogP contribution in [0.4, 0.5) is 0 Å². The molecule has 1 unspecified atom stereocenters. The summed E-state index contributed by atoms with van der Waals surface area (Å²) in [6.07, 6.45) is 0. The molecule has 3 nitrogen and oxygen atoms in total. The summed E-state index contributed by atoms with van der Waals surface area (Å²) in [6, 6.07) is 20.4. The van der Waals surface area contributed by atoms with E-state index >= 15 is 0 Å². The van der Waals surface area contributed by atoms with E-state index in [4.69, 9.17) is 5.84 Å². The highest BCUT2D eigenvalue weighted by Gasteiger charge is 2.16. The molecule has 1 aromatic heterocycles. The number of hydrogen-bond acceptors (Lipinski definition) is 3. The topological polar surface area (TPSA) is 50.9 Å². The van der Waals surface area contributed by atoms with Gasteiger partial charge in [0.2, 0.25) is 0 Å². The molecule has 3 rings (SSSR count). The van der Waals surface area contributed by atoms with Gasteiger partial charge in [-0.25, -0.2) is 5.43 Å². The van der Waals surface area contributed by atoms with Crippen molar-refractivity contribution in [3.63, 3.8) is 0 Å². The van der Waals surface area contributed by atoms with Crippen LogP contribution in [0.3, 0.4) is 0 Å². The number of benzene rings is 2. The van der Waals surface area contributed by atoms with E-state index < -0.39 is 0 Å². The summed E-state index contributed by atoms with van der Waals surface area (Å²) in [7, 11) is 0. The Morgan fingerprint density at radius 2 is 1.70 bits per heavy atom. The van der Waals surface area contributed by atoms with Crippen molar-refractivity contribution in [2.24, 2.45) is 5.84 Å². The van der Waals surface area contributed by atoms with Gasteiger partial charge in [0.05, 0.1) is 11.7 Å². The Labute approximate surface area is 118 Å². The molecule has 3 aromatic rings. The summed E-state index contributed by atoms with van der Waals surface area (Å²) in [5.41, 5.74) is 5.96. The SMILES string of the molecule is Cc1cccc(C(NN)c2cccc3ccccc23)n1. The van der Waals surface area contributed by atoms with Crippen molar-refractivity contribution >= 4 is 10.8 Å². The zero-order chi connectivity index (χ0) is 13.9. The second-order valence-corrected chi connectivity index (χ2v) is 4.87. The monoisotopic (exact) mass is 263 g/mol. The molecule has 0 fully saturated rings. The number of nitrogens with zero attached hydrogens (tertiary/aromatic N) is 1. The van der Waals surface area contributed by atoms with E-state index in [1.165, 1.54) is 10.8 Å². The van der Waals surface area contributed by atoms with Gasteiger partial charge in [-0.05, 0) is 35.4 Å². The predicted molar refractivity (Wildman–Crippen MR) is 82.1 cm³/mol. The molecule has 3 N–H and O–H groups in total. The fourth-order valence-electron chi connectivity index (χ4n) is 2.56. The highest BCUT2D eigenvalue weighted by atomic mass is 15.2. The van der Waals surface area contributed by atoms with E-state index in [1.54, 1.807) is 0 Å². The van der Waals surface area contributed by atoms with Gasteiger partial charge in [0, 0.05) is 5.69 Å². The van der Waals surface area contributed by atoms with E-state index in [9.17, 15) is 0 Å². The average molecular weight is 263 g/mol. The Morgan fingerprint density at radius 1 is 0.950 bits per heavy atom. The molecule has 0 bridgehead atoms. The average Bonchev–Trinajstić information content (AvgIpc) is 2.48. The minimum atomic E-state index is -0.110. The van der Waals surface area contributed by atoms with Crippen LogP contribution < -0.4 is 11.3 Å². The molecule has 20 heavy (non-hydrogen) atoms. The molecule has 0 aliphatic carbocycles. The third-order valence-electron chi connectivity index (χ3n) is 3.51. The summed E-state index contributed by atoms with van der Waals surface area (Å²) in [4.78, 5) is 4.59. The molecule has 0 saturated carbocycles. The maximum Gasteiger partial charge on any atom is 0.0887 e. The number of hydrazine groups is 1. The van der Waals surface area contributed by atoms with Gasteiger partial charge in [0.15, 0.2) is 0 Å². The highest BCUT2D eigenvalue weighted by Crippen LogP contribution is 2.27. The van der Waals surface area contributed by atoms with Crippen molar-refractivity contribution in [1.29, 1.82) is 0 Å². The van der Waals surface area contributed by atoms with Crippen LogP contribution in [0.5, 0.6) is 0 Å². The predicted octanol–water partition coefficient (Wildman–Crippen LogP) is 3.10. The Hall–Kier alpha value is -2.23. The van der Waals surface area contributed by atoms with E-state index in [0.717, 1.165) is 17.0 Å². The zero-order valence-corrected chi connectivity index (χ0v) is 11.4. The maximum atomic E-state index is 5.79. The summed E-state index contributed by atoms with van der Waals surface area (Å²) in [5.74, 6) is 5.79. The van der Waals surface area contributed by atoms with Gasteiger partial charge < -0.3 is 0 Å². The molecule has 0 spiro atoms. The van der Waals surface area contributed by atoms with Crippen LogP contribution in [0.2, 0.25) is 0 Å². The van der Waals surface area contributed by atoms with Crippen molar-refractivity contribution in [2.45, 2.75) is 13.0 Å². The first-order chi connectivity index (χ1) is 9.79. The second-order valence-electron chi connectivity index (χ2n) is 4.87. The Kier molecular flexibility index (Phi) is 3.46. The summed E-state index contributed by atoms with van der Waals surface area (Å²) in [6.45, 7) is 1.99. The first-order valence-corrected chi connectivity index (χ1v) is 6.67. The summed E-state index contributed by atoms with van der Waals surface area (Å²) >= 11 is 0. The van der Waals surface area contributed by atoms with Crippen LogP contribution in [0.15, 0.2) is 60.7 Å². The molecule has 1 atom stereocenters. The van der Waals surface area contributed by atoms with Gasteiger partial charge in [0.25, 0.3) is 0 Å². The number of nitrogens with two attached hydrogens (primary N) is 1. The third kappa shape index (κ3) is 2.29. The fraction of sp³-hybridized carbons (Fsp3) is 0.118. The standard InChI is InChI=1S/C17H17N3/c1-12-6-4-11-16(19-12)17(20-18)15-10-5-8-13-7-2-3-9-14(13)15/h2-11,17,20H,18H2,1H3. The second kappa shape index (κ2) is 5.41. The van der Waals surface area contributed by atoms with Crippen LogP contribution in [-0.4, -0.2) is 4.98 Å². The van der Waals surface area contributed by atoms with Gasteiger partial charge in [-0.15, -0.1) is 0 Å². The molecule has 0 aliphatic heterocycles. The van der Waals surface area contributed by atoms with Crippen molar-refractivity contribution in [3.05, 3.63) is 77.6 Å². The van der Waals surface area contributed by atoms with Crippen LogP contribution in [-0.2, 0) is 0 Å². The molecule has 100 valence electrons. The molecule has 0 saturated heterocycles. The molecule has 2 aromatic carbocycles. The molecular formula is C17H17N3. The smallest absolute Gasteiger partial charge is 0.0887 e. The van der Waals surface area contributed by atoms with Crippen LogP contribution in [0, 0.1) is 6.92 Å². The maximum absolute atomic E-state index is 5.79. The quantitative estimate of drug-likeness (QED) is 0.564. The fourth-order valence-corrected chi connectivity index (χ4v) is 2.56. The highest BCUT2D eigenvalue weighted by molar-refractivity contribution is 5.86. The lowest BCUT2D eigenvalue weighted by atomic mass is 9.97. The Bertz CT molecular complexity index is 732. The van der Waals surface area contributed by atoms with Crippen molar-refractivity contribution in [3.8, 4) is 0 Å². The number of rotatable bonds is 3. The van der Waals surface area contributed by atoms with Crippen molar-refractivity contribution < 1.29 is 0 Å². The lowest BCUT2D eigenvalue weighted by Crippen LogP contribution is -2.29. The summed E-state index contributed by atoms with van der Waals surface area (Å²) in [5, 5.41) is 2.40. The first-order valence-electron chi connectivity index (χ1n) is 6.67.